The Morgan fingerprint density at radius 1 is 1.30 bits per heavy atom. The van der Waals surface area contributed by atoms with Gasteiger partial charge in [-0.15, -0.1) is 0 Å². The zero-order valence-electron chi connectivity index (χ0n) is 10.1. The van der Waals surface area contributed by atoms with Gasteiger partial charge in [0.1, 0.15) is 6.54 Å². The van der Waals surface area contributed by atoms with Gasteiger partial charge in [-0.25, -0.2) is 4.39 Å². The van der Waals surface area contributed by atoms with E-state index in [1.165, 1.54) is 0 Å². The molecule has 1 aromatic heterocycles. The zero-order valence-corrected chi connectivity index (χ0v) is 10.1. The number of nitrogens with zero attached hydrogens (tertiary/aromatic N) is 1. The molecular weight excluding hydrogens is 285 g/mol. The van der Waals surface area contributed by atoms with Gasteiger partial charge in [0.05, 0.1) is 18.0 Å². The fourth-order valence-corrected chi connectivity index (χ4v) is 1.90. The normalized spacial score (nSPS) is 11.9. The number of hydrogen-bond acceptors (Lipinski definition) is 2. The highest BCUT2D eigenvalue weighted by Crippen LogP contribution is 2.30. The van der Waals surface area contributed by atoms with Crippen molar-refractivity contribution in [3.05, 3.63) is 40.2 Å². The van der Waals surface area contributed by atoms with Gasteiger partial charge in [-0.05, 0) is 6.07 Å². The van der Waals surface area contributed by atoms with Gasteiger partial charge in [-0.2, -0.15) is 17.6 Å². The summed E-state index contributed by atoms with van der Waals surface area (Å²) in [6.45, 7) is -1.45. The van der Waals surface area contributed by atoms with Crippen LogP contribution in [-0.2, 0) is 6.54 Å². The van der Waals surface area contributed by atoms with Crippen LogP contribution < -0.4 is 10.2 Å². The maximum absolute atomic E-state index is 13.6. The van der Waals surface area contributed by atoms with E-state index in [1.807, 2.05) is 0 Å². The number of rotatable bonds is 2. The van der Waals surface area contributed by atoms with Gasteiger partial charge < -0.3 is 9.30 Å². The molecule has 0 aliphatic rings. The predicted molar refractivity (Wildman–Crippen MR) is 60.7 cm³/mol. The third-order valence-corrected chi connectivity index (χ3v) is 2.66. The summed E-state index contributed by atoms with van der Waals surface area (Å²) in [6.07, 6.45) is -3.73. The van der Waals surface area contributed by atoms with Crippen molar-refractivity contribution in [3.8, 4) is 5.75 Å². The quantitative estimate of drug-likeness (QED) is 0.797. The molecule has 1 aromatic carbocycles. The summed E-state index contributed by atoms with van der Waals surface area (Å²) >= 11 is 0. The third kappa shape index (κ3) is 2.45. The fourth-order valence-electron chi connectivity index (χ4n) is 1.90. The van der Waals surface area contributed by atoms with Crippen LogP contribution in [0.15, 0.2) is 23.1 Å². The molecule has 2 rings (SSSR count). The average Bonchev–Trinajstić information content (AvgIpc) is 2.34. The molecule has 0 aliphatic carbocycles. The number of halogens is 5. The van der Waals surface area contributed by atoms with Crippen LogP contribution in [0.3, 0.4) is 0 Å². The number of benzene rings is 1. The first-order chi connectivity index (χ1) is 9.24. The van der Waals surface area contributed by atoms with Crippen LogP contribution in [0.2, 0.25) is 0 Å². The lowest BCUT2D eigenvalue weighted by molar-refractivity contribution is -0.140. The minimum atomic E-state index is -4.59. The third-order valence-electron chi connectivity index (χ3n) is 2.66. The standard InChI is InChI=1S/C12H8F5NO2/c1-20-11-9(14)7(13)4-6-8(19)2-3-18(10(6)11)5-12(15,16)17/h2-4H,5H2,1H3. The number of hydrogen-bond donors (Lipinski definition) is 0. The molecule has 8 heteroatoms. The van der Waals surface area contributed by atoms with E-state index in [1.54, 1.807) is 0 Å². The molecule has 0 atom stereocenters. The molecule has 0 saturated carbocycles. The Morgan fingerprint density at radius 2 is 1.95 bits per heavy atom. The number of ether oxygens (including phenoxy) is 1. The molecule has 0 N–H and O–H groups in total. The Labute approximate surface area is 109 Å². The summed E-state index contributed by atoms with van der Waals surface area (Å²) in [5.41, 5.74) is -1.16. The van der Waals surface area contributed by atoms with E-state index in [4.69, 9.17) is 0 Å². The molecule has 0 unspecified atom stereocenters. The molecular formula is C12H8F5NO2. The van der Waals surface area contributed by atoms with Crippen molar-refractivity contribution in [2.45, 2.75) is 12.7 Å². The molecule has 3 nitrogen and oxygen atoms in total. The second kappa shape index (κ2) is 4.77. The summed E-state index contributed by atoms with van der Waals surface area (Å²) in [5, 5.41) is -0.382. The lowest BCUT2D eigenvalue weighted by Crippen LogP contribution is -2.20. The summed E-state index contributed by atoms with van der Waals surface area (Å²) < 4.78 is 69.5. The molecule has 2 aromatic rings. The van der Waals surface area contributed by atoms with Gasteiger partial charge in [-0.1, -0.05) is 0 Å². The molecule has 0 bridgehead atoms. The number of pyridine rings is 1. The summed E-state index contributed by atoms with van der Waals surface area (Å²) in [5.74, 6) is -3.54. The van der Waals surface area contributed by atoms with Crippen LogP contribution in [0.4, 0.5) is 22.0 Å². The van der Waals surface area contributed by atoms with Crippen molar-refractivity contribution >= 4 is 10.9 Å². The zero-order chi connectivity index (χ0) is 15.1. The van der Waals surface area contributed by atoms with Gasteiger partial charge in [0.25, 0.3) is 0 Å². The maximum Gasteiger partial charge on any atom is 0.406 e. The highest BCUT2D eigenvalue weighted by atomic mass is 19.4. The van der Waals surface area contributed by atoms with Crippen molar-refractivity contribution in [1.82, 2.24) is 4.57 Å². The minimum absolute atomic E-state index is 0.382. The van der Waals surface area contributed by atoms with Gasteiger partial charge in [-0.3, -0.25) is 4.79 Å². The van der Waals surface area contributed by atoms with E-state index in [0.29, 0.717) is 10.6 Å². The Balaban J connectivity index is 2.88. The van der Waals surface area contributed by atoms with E-state index in [0.717, 1.165) is 19.4 Å². The molecule has 0 amide bonds. The summed E-state index contributed by atoms with van der Waals surface area (Å²) in [6, 6.07) is 1.41. The van der Waals surface area contributed by atoms with E-state index < -0.39 is 41.1 Å². The molecule has 0 fully saturated rings. The highest BCUT2D eigenvalue weighted by molar-refractivity contribution is 5.85. The van der Waals surface area contributed by atoms with Gasteiger partial charge >= 0.3 is 6.18 Å². The summed E-state index contributed by atoms with van der Waals surface area (Å²) in [7, 11) is 0.979. The van der Waals surface area contributed by atoms with E-state index in [-0.39, 0.29) is 5.39 Å². The SMILES string of the molecule is COc1c(F)c(F)cc2c(=O)ccn(CC(F)(F)F)c12. The fraction of sp³-hybridized carbons (Fsp3) is 0.250. The molecule has 1 heterocycles. The smallest absolute Gasteiger partial charge is 0.406 e. The van der Waals surface area contributed by atoms with Crippen LogP contribution in [0.25, 0.3) is 10.9 Å². The Kier molecular flexibility index (Phi) is 3.41. The molecule has 0 aliphatic heterocycles. The molecule has 0 radical (unpaired) electrons. The van der Waals surface area contributed by atoms with Crippen molar-refractivity contribution < 1.29 is 26.7 Å². The van der Waals surface area contributed by atoms with Gasteiger partial charge in [0, 0.05) is 12.3 Å². The first-order valence-electron chi connectivity index (χ1n) is 5.36. The van der Waals surface area contributed by atoms with Gasteiger partial charge in [0.2, 0.25) is 5.82 Å². The number of alkyl halides is 3. The van der Waals surface area contributed by atoms with Crippen LogP contribution >= 0.6 is 0 Å². The Hall–Kier alpha value is -2.12. The highest BCUT2D eigenvalue weighted by Gasteiger charge is 2.29. The van der Waals surface area contributed by atoms with E-state index in [2.05, 4.69) is 4.74 Å². The molecule has 108 valence electrons. The maximum atomic E-state index is 13.6. The van der Waals surface area contributed by atoms with Crippen molar-refractivity contribution in [1.29, 1.82) is 0 Å². The molecule has 0 spiro atoms. The first kappa shape index (κ1) is 14.3. The van der Waals surface area contributed by atoms with Crippen LogP contribution in [-0.4, -0.2) is 17.9 Å². The first-order valence-corrected chi connectivity index (χ1v) is 5.36. The van der Waals surface area contributed by atoms with Crippen LogP contribution in [0.5, 0.6) is 5.75 Å². The summed E-state index contributed by atoms with van der Waals surface area (Å²) in [4.78, 5) is 11.6. The Bertz CT molecular complexity index is 720. The number of fused-ring (bicyclic) bond motifs is 1. The molecule has 0 saturated heterocycles. The second-order valence-electron chi connectivity index (χ2n) is 4.02. The topological polar surface area (TPSA) is 31.2 Å². The van der Waals surface area contributed by atoms with E-state index in [9.17, 15) is 26.7 Å². The second-order valence-corrected chi connectivity index (χ2v) is 4.02. The lowest BCUT2D eigenvalue weighted by Gasteiger charge is -2.16. The largest absolute Gasteiger partial charge is 0.491 e. The predicted octanol–water partition coefficient (Wildman–Crippen LogP) is 2.85. The van der Waals surface area contributed by atoms with Crippen LogP contribution in [0.1, 0.15) is 0 Å². The Morgan fingerprint density at radius 3 is 2.50 bits per heavy atom. The lowest BCUT2D eigenvalue weighted by atomic mass is 10.1. The number of aromatic nitrogens is 1. The van der Waals surface area contributed by atoms with E-state index >= 15 is 0 Å². The molecule has 20 heavy (non-hydrogen) atoms. The average molecular weight is 293 g/mol. The van der Waals surface area contributed by atoms with Crippen molar-refractivity contribution in [2.75, 3.05) is 7.11 Å². The number of methoxy groups -OCH3 is 1. The monoisotopic (exact) mass is 293 g/mol. The van der Waals surface area contributed by atoms with Gasteiger partial charge in [0.15, 0.2) is 17.0 Å². The van der Waals surface area contributed by atoms with Crippen molar-refractivity contribution in [3.63, 3.8) is 0 Å². The minimum Gasteiger partial charge on any atom is -0.491 e. The van der Waals surface area contributed by atoms with Crippen LogP contribution in [0, 0.1) is 11.6 Å². The van der Waals surface area contributed by atoms with Crippen molar-refractivity contribution in [2.24, 2.45) is 0 Å².